The van der Waals surface area contributed by atoms with Crippen molar-refractivity contribution in [2.24, 2.45) is 0 Å². The van der Waals surface area contributed by atoms with E-state index >= 15 is 0 Å². The smallest absolute Gasteiger partial charge is 0.107 e. The first-order chi connectivity index (χ1) is 6.34. The summed E-state index contributed by atoms with van der Waals surface area (Å²) in [7, 11) is 2.20. The summed E-state index contributed by atoms with van der Waals surface area (Å²) in [6.45, 7) is 2.50. The first kappa shape index (κ1) is 10.6. The van der Waals surface area contributed by atoms with Crippen LogP contribution in [0.4, 0.5) is 0 Å². The fourth-order valence-electron chi connectivity index (χ4n) is 1.86. The molecule has 1 fully saturated rings. The number of hydrogen-bond acceptors (Lipinski definition) is 2. The number of ether oxygens (including phenoxy) is 1. The summed E-state index contributed by atoms with van der Waals surface area (Å²) in [6, 6.07) is 0.714. The lowest BCUT2D eigenvalue weighted by Crippen LogP contribution is -2.36. The zero-order valence-corrected chi connectivity index (χ0v) is 8.46. The van der Waals surface area contributed by atoms with Crippen LogP contribution in [0.3, 0.4) is 0 Å². The van der Waals surface area contributed by atoms with Crippen molar-refractivity contribution in [3.05, 3.63) is 0 Å². The molecule has 0 aliphatic carbocycles. The third kappa shape index (κ3) is 3.80. The third-order valence-corrected chi connectivity index (χ3v) is 2.70. The van der Waals surface area contributed by atoms with Crippen LogP contribution in [-0.4, -0.2) is 37.7 Å². The Kier molecular flexibility index (Phi) is 4.88. The Balaban J connectivity index is 2.09. The molecule has 0 saturated carbocycles. The Labute approximate surface area is 81.3 Å². The van der Waals surface area contributed by atoms with E-state index < -0.39 is 0 Å². The van der Waals surface area contributed by atoms with Crippen LogP contribution < -0.4 is 0 Å². The van der Waals surface area contributed by atoms with Crippen molar-refractivity contribution in [2.75, 3.05) is 26.8 Å². The standard InChI is InChI=1S/C11H19NO/c1-3-9-13-10-7-11-6-4-5-8-12(11)2/h1,11H,4-10H2,2H3. The summed E-state index contributed by atoms with van der Waals surface area (Å²) >= 11 is 0. The van der Waals surface area contributed by atoms with E-state index in [1.54, 1.807) is 0 Å². The van der Waals surface area contributed by atoms with Crippen LogP contribution in [-0.2, 0) is 4.74 Å². The fourth-order valence-corrected chi connectivity index (χ4v) is 1.86. The van der Waals surface area contributed by atoms with Crippen molar-refractivity contribution in [3.8, 4) is 12.3 Å². The van der Waals surface area contributed by atoms with Gasteiger partial charge in [0, 0.05) is 12.6 Å². The highest BCUT2D eigenvalue weighted by atomic mass is 16.5. The van der Waals surface area contributed by atoms with Gasteiger partial charge in [0.15, 0.2) is 0 Å². The van der Waals surface area contributed by atoms with E-state index in [1.165, 1.54) is 25.8 Å². The van der Waals surface area contributed by atoms with Gasteiger partial charge in [0.1, 0.15) is 6.61 Å². The molecule has 0 aromatic heterocycles. The van der Waals surface area contributed by atoms with Gasteiger partial charge in [-0.15, -0.1) is 6.42 Å². The quantitative estimate of drug-likeness (QED) is 0.481. The van der Waals surface area contributed by atoms with E-state index in [2.05, 4.69) is 17.9 Å². The summed E-state index contributed by atoms with van der Waals surface area (Å²) in [5.41, 5.74) is 0. The molecule has 1 saturated heterocycles. The summed E-state index contributed by atoms with van der Waals surface area (Å²) in [5, 5.41) is 0. The minimum Gasteiger partial charge on any atom is -0.369 e. The molecular formula is C11H19NO. The monoisotopic (exact) mass is 181 g/mol. The molecule has 1 rings (SSSR count). The molecule has 1 aliphatic rings. The predicted octanol–water partition coefficient (Wildman–Crippen LogP) is 1.51. The average Bonchev–Trinajstić information content (AvgIpc) is 2.15. The number of rotatable bonds is 4. The molecule has 1 atom stereocenters. The molecule has 1 unspecified atom stereocenters. The number of likely N-dealkylation sites (tertiary alicyclic amines) is 1. The van der Waals surface area contributed by atoms with E-state index in [4.69, 9.17) is 11.2 Å². The average molecular weight is 181 g/mol. The van der Waals surface area contributed by atoms with Crippen LogP contribution in [0.15, 0.2) is 0 Å². The molecule has 0 aromatic carbocycles. The van der Waals surface area contributed by atoms with Crippen LogP contribution in [0.5, 0.6) is 0 Å². The zero-order chi connectivity index (χ0) is 9.52. The molecule has 0 bridgehead atoms. The van der Waals surface area contributed by atoms with E-state index in [0.29, 0.717) is 12.6 Å². The fraction of sp³-hybridized carbons (Fsp3) is 0.818. The van der Waals surface area contributed by atoms with Gasteiger partial charge >= 0.3 is 0 Å². The highest BCUT2D eigenvalue weighted by Gasteiger charge is 2.17. The minimum absolute atomic E-state index is 0.455. The van der Waals surface area contributed by atoms with Crippen LogP contribution in [0, 0.1) is 12.3 Å². The Bertz CT molecular complexity index is 173. The van der Waals surface area contributed by atoms with E-state index in [-0.39, 0.29) is 0 Å². The lowest BCUT2D eigenvalue weighted by molar-refractivity contribution is 0.109. The van der Waals surface area contributed by atoms with Crippen molar-refractivity contribution in [3.63, 3.8) is 0 Å². The van der Waals surface area contributed by atoms with Crippen LogP contribution in [0.1, 0.15) is 25.7 Å². The van der Waals surface area contributed by atoms with Crippen LogP contribution >= 0.6 is 0 Å². The summed E-state index contributed by atoms with van der Waals surface area (Å²) in [5.74, 6) is 2.48. The maximum Gasteiger partial charge on any atom is 0.107 e. The second-order valence-corrected chi connectivity index (χ2v) is 3.68. The number of piperidine rings is 1. The molecule has 0 radical (unpaired) electrons. The normalized spacial score (nSPS) is 24.2. The molecule has 0 N–H and O–H groups in total. The van der Waals surface area contributed by atoms with Crippen LogP contribution in [0.25, 0.3) is 0 Å². The molecule has 0 aromatic rings. The molecule has 1 aliphatic heterocycles. The molecule has 13 heavy (non-hydrogen) atoms. The van der Waals surface area contributed by atoms with Crippen molar-refractivity contribution in [2.45, 2.75) is 31.7 Å². The Morgan fingerprint density at radius 3 is 3.08 bits per heavy atom. The molecule has 74 valence electrons. The number of hydrogen-bond donors (Lipinski definition) is 0. The SMILES string of the molecule is C#CCOCCC1CCCCN1C. The van der Waals surface area contributed by atoms with Gasteiger partial charge in [0.25, 0.3) is 0 Å². The summed E-state index contributed by atoms with van der Waals surface area (Å²) in [6.07, 6.45) is 10.2. The van der Waals surface area contributed by atoms with Gasteiger partial charge in [-0.3, -0.25) is 0 Å². The highest BCUT2D eigenvalue weighted by molar-refractivity contribution is 4.83. The Morgan fingerprint density at radius 1 is 1.54 bits per heavy atom. The van der Waals surface area contributed by atoms with E-state index in [0.717, 1.165) is 13.0 Å². The van der Waals surface area contributed by atoms with E-state index in [9.17, 15) is 0 Å². The van der Waals surface area contributed by atoms with Gasteiger partial charge in [-0.2, -0.15) is 0 Å². The summed E-state index contributed by atoms with van der Waals surface area (Å²) < 4.78 is 5.27. The number of nitrogens with zero attached hydrogens (tertiary/aromatic N) is 1. The third-order valence-electron chi connectivity index (χ3n) is 2.70. The van der Waals surface area contributed by atoms with E-state index in [1.807, 2.05) is 0 Å². The summed E-state index contributed by atoms with van der Waals surface area (Å²) in [4.78, 5) is 2.43. The molecular weight excluding hydrogens is 162 g/mol. The lowest BCUT2D eigenvalue weighted by Gasteiger charge is -2.32. The van der Waals surface area contributed by atoms with Gasteiger partial charge in [-0.1, -0.05) is 12.3 Å². The second kappa shape index (κ2) is 6.01. The molecule has 1 heterocycles. The first-order valence-electron chi connectivity index (χ1n) is 5.06. The number of terminal acetylenes is 1. The largest absolute Gasteiger partial charge is 0.369 e. The van der Waals surface area contributed by atoms with Gasteiger partial charge in [-0.05, 0) is 32.9 Å². The van der Waals surface area contributed by atoms with Gasteiger partial charge in [-0.25, -0.2) is 0 Å². The van der Waals surface area contributed by atoms with Crippen molar-refractivity contribution in [1.29, 1.82) is 0 Å². The topological polar surface area (TPSA) is 12.5 Å². The molecule has 2 heteroatoms. The molecule has 0 spiro atoms. The minimum atomic E-state index is 0.455. The van der Waals surface area contributed by atoms with Gasteiger partial charge < -0.3 is 9.64 Å². The van der Waals surface area contributed by atoms with Crippen LogP contribution in [0.2, 0.25) is 0 Å². The zero-order valence-electron chi connectivity index (χ0n) is 8.46. The van der Waals surface area contributed by atoms with Gasteiger partial charge in [0.05, 0.1) is 0 Å². The predicted molar refractivity (Wildman–Crippen MR) is 54.5 cm³/mol. The first-order valence-corrected chi connectivity index (χ1v) is 5.06. The lowest BCUT2D eigenvalue weighted by atomic mass is 10.0. The van der Waals surface area contributed by atoms with Crippen molar-refractivity contribution < 1.29 is 4.74 Å². The Hall–Kier alpha value is -0.520. The van der Waals surface area contributed by atoms with Crippen molar-refractivity contribution in [1.82, 2.24) is 4.90 Å². The maximum absolute atomic E-state index is 5.27. The highest BCUT2D eigenvalue weighted by Crippen LogP contribution is 2.17. The molecule has 0 amide bonds. The maximum atomic E-state index is 5.27. The molecule has 2 nitrogen and oxygen atoms in total. The Morgan fingerprint density at radius 2 is 2.38 bits per heavy atom. The van der Waals surface area contributed by atoms with Crippen molar-refractivity contribution >= 4 is 0 Å². The second-order valence-electron chi connectivity index (χ2n) is 3.68. The van der Waals surface area contributed by atoms with Gasteiger partial charge in [0.2, 0.25) is 0 Å².